The number of nitrogens with zero attached hydrogens (tertiary/aromatic N) is 2. The van der Waals surface area contributed by atoms with Gasteiger partial charge >= 0.3 is 0 Å². The molecule has 0 unspecified atom stereocenters. The Morgan fingerprint density at radius 2 is 1.19 bits per heavy atom. The number of rotatable bonds is 2. The Bertz CT molecular complexity index is 1270. The lowest BCUT2D eigenvalue weighted by Gasteiger charge is -2.12. The molecule has 0 saturated carbocycles. The fraction of sp³-hybridized carbons (Fsp3) is 0. The van der Waals surface area contributed by atoms with E-state index in [0.717, 1.165) is 48.8 Å². The zero-order valence-corrected chi connectivity index (χ0v) is 16.0. The molecule has 0 fully saturated rings. The van der Waals surface area contributed by atoms with E-state index >= 15 is 0 Å². The SMILES string of the molecule is Brc1cccc2c1ccc1c(-c3ccccc3)nc(-c3ccccc3)nc12. The minimum absolute atomic E-state index is 0.745. The summed E-state index contributed by atoms with van der Waals surface area (Å²) < 4.78 is 1.07. The predicted molar refractivity (Wildman–Crippen MR) is 116 cm³/mol. The van der Waals surface area contributed by atoms with Gasteiger partial charge in [0.15, 0.2) is 5.82 Å². The van der Waals surface area contributed by atoms with Gasteiger partial charge in [0, 0.05) is 26.4 Å². The minimum Gasteiger partial charge on any atom is -0.227 e. The van der Waals surface area contributed by atoms with Crippen LogP contribution >= 0.6 is 15.9 Å². The van der Waals surface area contributed by atoms with Gasteiger partial charge < -0.3 is 0 Å². The number of hydrogen-bond acceptors (Lipinski definition) is 2. The van der Waals surface area contributed by atoms with Crippen molar-refractivity contribution >= 4 is 37.6 Å². The molecule has 5 aromatic rings. The first kappa shape index (κ1) is 16.2. The molecule has 1 heterocycles. The Hall–Kier alpha value is -3.04. The normalized spacial score (nSPS) is 11.1. The van der Waals surface area contributed by atoms with Crippen LogP contribution in [-0.4, -0.2) is 9.97 Å². The van der Waals surface area contributed by atoms with E-state index in [9.17, 15) is 0 Å². The third-order valence-electron chi connectivity index (χ3n) is 4.75. The molecule has 0 aliphatic carbocycles. The van der Waals surface area contributed by atoms with Crippen LogP contribution in [0.25, 0.3) is 44.3 Å². The highest BCUT2D eigenvalue weighted by Gasteiger charge is 2.14. The van der Waals surface area contributed by atoms with Gasteiger partial charge in [0.25, 0.3) is 0 Å². The molecule has 0 spiro atoms. The monoisotopic (exact) mass is 410 g/mol. The third kappa shape index (κ3) is 2.81. The zero-order valence-electron chi connectivity index (χ0n) is 14.4. The summed E-state index contributed by atoms with van der Waals surface area (Å²) in [7, 11) is 0. The molecule has 0 bridgehead atoms. The molecule has 3 heteroatoms. The Morgan fingerprint density at radius 1 is 0.519 bits per heavy atom. The highest BCUT2D eigenvalue weighted by atomic mass is 79.9. The third-order valence-corrected chi connectivity index (χ3v) is 5.44. The van der Waals surface area contributed by atoms with E-state index in [4.69, 9.17) is 9.97 Å². The van der Waals surface area contributed by atoms with Gasteiger partial charge in [0.2, 0.25) is 0 Å². The van der Waals surface area contributed by atoms with Gasteiger partial charge in [-0.15, -0.1) is 0 Å². The van der Waals surface area contributed by atoms with Crippen molar-refractivity contribution in [3.63, 3.8) is 0 Å². The Kier molecular flexibility index (Phi) is 3.95. The molecule has 5 rings (SSSR count). The van der Waals surface area contributed by atoms with Crippen molar-refractivity contribution in [3.05, 3.63) is 95.5 Å². The van der Waals surface area contributed by atoms with Crippen LogP contribution in [0.5, 0.6) is 0 Å². The van der Waals surface area contributed by atoms with Crippen LogP contribution in [0.2, 0.25) is 0 Å². The van der Waals surface area contributed by atoms with Crippen LogP contribution in [0.4, 0.5) is 0 Å². The van der Waals surface area contributed by atoms with Crippen LogP contribution < -0.4 is 0 Å². The highest BCUT2D eigenvalue weighted by Crippen LogP contribution is 2.35. The van der Waals surface area contributed by atoms with Crippen molar-refractivity contribution in [1.29, 1.82) is 0 Å². The Balaban J connectivity index is 1.93. The maximum atomic E-state index is 4.97. The van der Waals surface area contributed by atoms with Crippen LogP contribution in [0.1, 0.15) is 0 Å². The van der Waals surface area contributed by atoms with Crippen molar-refractivity contribution in [3.8, 4) is 22.6 Å². The molecule has 0 saturated heterocycles. The number of hydrogen-bond donors (Lipinski definition) is 0. The van der Waals surface area contributed by atoms with Crippen molar-refractivity contribution in [2.45, 2.75) is 0 Å². The Morgan fingerprint density at radius 3 is 1.93 bits per heavy atom. The number of benzene rings is 4. The lowest BCUT2D eigenvalue weighted by Crippen LogP contribution is -1.96. The van der Waals surface area contributed by atoms with Crippen LogP contribution in [0, 0.1) is 0 Å². The van der Waals surface area contributed by atoms with Gasteiger partial charge in [-0.25, -0.2) is 9.97 Å². The molecular weight excluding hydrogens is 396 g/mol. The van der Waals surface area contributed by atoms with Gasteiger partial charge in [0.1, 0.15) is 0 Å². The highest BCUT2D eigenvalue weighted by molar-refractivity contribution is 9.10. The Labute approximate surface area is 165 Å². The summed E-state index contributed by atoms with van der Waals surface area (Å²) in [6.07, 6.45) is 0. The summed E-state index contributed by atoms with van der Waals surface area (Å²) in [5.74, 6) is 0.745. The topological polar surface area (TPSA) is 25.8 Å². The number of halogens is 1. The van der Waals surface area contributed by atoms with Crippen LogP contribution in [0.15, 0.2) is 95.5 Å². The van der Waals surface area contributed by atoms with Crippen molar-refractivity contribution in [1.82, 2.24) is 9.97 Å². The maximum absolute atomic E-state index is 4.97. The molecule has 0 radical (unpaired) electrons. The summed E-state index contributed by atoms with van der Waals surface area (Å²) >= 11 is 3.67. The van der Waals surface area contributed by atoms with Gasteiger partial charge in [-0.05, 0) is 17.5 Å². The maximum Gasteiger partial charge on any atom is 0.160 e. The molecule has 0 N–H and O–H groups in total. The summed E-state index contributed by atoms with van der Waals surface area (Å²) in [6.45, 7) is 0. The number of fused-ring (bicyclic) bond motifs is 3. The average molecular weight is 411 g/mol. The summed E-state index contributed by atoms with van der Waals surface area (Å²) in [5, 5.41) is 3.34. The standard InChI is InChI=1S/C24H15BrN2/c25-21-13-7-12-19-18(21)14-15-20-22(16-8-3-1-4-9-16)26-24(27-23(19)20)17-10-5-2-6-11-17/h1-15H. The van der Waals surface area contributed by atoms with E-state index in [1.54, 1.807) is 0 Å². The first-order valence-corrected chi connectivity index (χ1v) is 9.60. The van der Waals surface area contributed by atoms with Crippen molar-refractivity contribution in [2.75, 3.05) is 0 Å². The number of aromatic nitrogens is 2. The molecule has 0 atom stereocenters. The summed E-state index contributed by atoms with van der Waals surface area (Å²) in [4.78, 5) is 9.92. The van der Waals surface area contributed by atoms with Crippen molar-refractivity contribution in [2.24, 2.45) is 0 Å². The molecule has 0 amide bonds. The first-order chi connectivity index (χ1) is 13.3. The van der Waals surface area contributed by atoms with Gasteiger partial charge in [-0.1, -0.05) is 94.8 Å². The fourth-order valence-corrected chi connectivity index (χ4v) is 3.94. The molecule has 1 aromatic heterocycles. The zero-order chi connectivity index (χ0) is 18.2. The molecule has 2 nitrogen and oxygen atoms in total. The van der Waals surface area contributed by atoms with E-state index in [0.29, 0.717) is 0 Å². The molecule has 128 valence electrons. The van der Waals surface area contributed by atoms with Gasteiger partial charge in [-0.3, -0.25) is 0 Å². The van der Waals surface area contributed by atoms with E-state index < -0.39 is 0 Å². The van der Waals surface area contributed by atoms with Crippen molar-refractivity contribution < 1.29 is 0 Å². The summed E-state index contributed by atoms with van der Waals surface area (Å²) in [6, 6.07) is 31.0. The van der Waals surface area contributed by atoms with E-state index in [2.05, 4.69) is 70.5 Å². The molecule has 0 aliphatic rings. The largest absolute Gasteiger partial charge is 0.227 e. The second kappa shape index (κ2) is 6.60. The second-order valence-corrected chi connectivity index (χ2v) is 7.28. The fourth-order valence-electron chi connectivity index (χ4n) is 3.44. The van der Waals surface area contributed by atoms with E-state index in [1.165, 1.54) is 0 Å². The second-order valence-electron chi connectivity index (χ2n) is 6.42. The first-order valence-electron chi connectivity index (χ1n) is 8.81. The quantitative estimate of drug-likeness (QED) is 0.296. The molecule has 27 heavy (non-hydrogen) atoms. The van der Waals surface area contributed by atoms with Gasteiger partial charge in [-0.2, -0.15) is 0 Å². The van der Waals surface area contributed by atoms with Crippen LogP contribution in [-0.2, 0) is 0 Å². The lowest BCUT2D eigenvalue weighted by atomic mass is 10.0. The average Bonchev–Trinajstić information content (AvgIpc) is 2.74. The van der Waals surface area contributed by atoms with Crippen LogP contribution in [0.3, 0.4) is 0 Å². The molecule has 4 aromatic carbocycles. The molecule has 0 aliphatic heterocycles. The summed E-state index contributed by atoms with van der Waals surface area (Å²) in [5.41, 5.74) is 4.04. The predicted octanol–water partition coefficient (Wildman–Crippen LogP) is 6.88. The van der Waals surface area contributed by atoms with Gasteiger partial charge in [0.05, 0.1) is 11.2 Å². The minimum atomic E-state index is 0.745. The lowest BCUT2D eigenvalue weighted by molar-refractivity contribution is 1.23. The van der Waals surface area contributed by atoms with E-state index in [-0.39, 0.29) is 0 Å². The molecular formula is C24H15BrN2. The van der Waals surface area contributed by atoms with E-state index in [1.807, 2.05) is 36.4 Å². The smallest absolute Gasteiger partial charge is 0.160 e.